The van der Waals surface area contributed by atoms with Crippen LogP contribution in [0.3, 0.4) is 0 Å². The Morgan fingerprint density at radius 2 is 2.20 bits per heavy atom. The number of aromatic carboxylic acids is 1. The molecule has 1 atom stereocenters. The summed E-state index contributed by atoms with van der Waals surface area (Å²) in [7, 11) is 0. The number of hydrogen-bond donors (Lipinski definition) is 2. The van der Waals surface area contributed by atoms with E-state index in [1.807, 2.05) is 4.90 Å². The molecule has 1 saturated heterocycles. The Morgan fingerprint density at radius 3 is 2.75 bits per heavy atom. The lowest BCUT2D eigenvalue weighted by atomic mass is 10.0. The number of anilines is 1. The molecule has 0 aromatic heterocycles. The summed E-state index contributed by atoms with van der Waals surface area (Å²) in [6, 6.07) is 2.50. The second-order valence-electron chi connectivity index (χ2n) is 4.94. The van der Waals surface area contributed by atoms with Crippen molar-refractivity contribution in [1.29, 1.82) is 0 Å². The average molecular weight is 280 g/mol. The van der Waals surface area contributed by atoms with Crippen molar-refractivity contribution in [1.82, 2.24) is 0 Å². The molecule has 2 rings (SSSR count). The summed E-state index contributed by atoms with van der Waals surface area (Å²) in [6.45, 7) is 2.61. The van der Waals surface area contributed by atoms with Crippen LogP contribution in [0, 0.1) is 17.0 Å². The zero-order valence-corrected chi connectivity index (χ0v) is 11.1. The van der Waals surface area contributed by atoms with E-state index in [9.17, 15) is 20.0 Å². The summed E-state index contributed by atoms with van der Waals surface area (Å²) in [4.78, 5) is 23.4. The highest BCUT2D eigenvalue weighted by molar-refractivity contribution is 5.90. The number of hydrogen-bond acceptors (Lipinski definition) is 5. The highest BCUT2D eigenvalue weighted by Gasteiger charge is 2.25. The first-order chi connectivity index (χ1) is 9.40. The number of nitrogens with zero attached hydrogens (tertiary/aromatic N) is 2. The van der Waals surface area contributed by atoms with Gasteiger partial charge in [-0.05, 0) is 25.8 Å². The normalized spacial score (nSPS) is 18.9. The zero-order chi connectivity index (χ0) is 14.9. The summed E-state index contributed by atoms with van der Waals surface area (Å²) in [5, 5.41) is 29.8. The van der Waals surface area contributed by atoms with Crippen LogP contribution < -0.4 is 4.90 Å². The van der Waals surface area contributed by atoms with Crippen molar-refractivity contribution in [3.05, 3.63) is 33.4 Å². The molecule has 1 aliphatic rings. The van der Waals surface area contributed by atoms with Crippen LogP contribution in [-0.2, 0) is 0 Å². The van der Waals surface area contributed by atoms with E-state index in [0.29, 0.717) is 30.8 Å². The van der Waals surface area contributed by atoms with Gasteiger partial charge in [0.25, 0.3) is 5.69 Å². The molecule has 7 heteroatoms. The van der Waals surface area contributed by atoms with Crippen molar-refractivity contribution < 1.29 is 19.9 Å². The highest BCUT2D eigenvalue weighted by atomic mass is 16.6. The number of carboxylic acid groups (broad SMARTS) is 1. The van der Waals surface area contributed by atoms with Crippen LogP contribution in [0.15, 0.2) is 12.1 Å². The zero-order valence-electron chi connectivity index (χ0n) is 11.1. The molecular weight excluding hydrogens is 264 g/mol. The standard InChI is InChI=1S/C13H16N2O5/c1-8-11(14-4-2-3-10(16)7-14)5-9(13(17)18)6-12(8)15(19)20/h5-6,10,16H,2-4,7H2,1H3,(H,17,18). The predicted octanol–water partition coefficient (Wildman–Crippen LogP) is 1.56. The fraction of sp³-hybridized carbons (Fsp3) is 0.462. The number of nitro groups is 1. The van der Waals surface area contributed by atoms with E-state index in [0.717, 1.165) is 12.5 Å². The summed E-state index contributed by atoms with van der Waals surface area (Å²) >= 11 is 0. The number of aliphatic hydroxyl groups is 1. The van der Waals surface area contributed by atoms with Gasteiger partial charge in [-0.25, -0.2) is 4.79 Å². The van der Waals surface area contributed by atoms with Crippen molar-refractivity contribution in [2.24, 2.45) is 0 Å². The lowest BCUT2D eigenvalue weighted by Crippen LogP contribution is -2.38. The van der Waals surface area contributed by atoms with E-state index in [-0.39, 0.29) is 11.3 Å². The van der Waals surface area contributed by atoms with Crippen LogP contribution in [-0.4, -0.2) is 40.3 Å². The van der Waals surface area contributed by atoms with E-state index in [1.54, 1.807) is 6.92 Å². The van der Waals surface area contributed by atoms with E-state index >= 15 is 0 Å². The molecule has 20 heavy (non-hydrogen) atoms. The minimum Gasteiger partial charge on any atom is -0.478 e. The molecular formula is C13H16N2O5. The van der Waals surface area contributed by atoms with Gasteiger partial charge in [-0.2, -0.15) is 0 Å². The van der Waals surface area contributed by atoms with E-state index < -0.39 is 17.0 Å². The molecule has 0 amide bonds. The summed E-state index contributed by atoms with van der Waals surface area (Å²) in [6.07, 6.45) is 0.970. The largest absolute Gasteiger partial charge is 0.478 e. The van der Waals surface area contributed by atoms with E-state index in [2.05, 4.69) is 0 Å². The molecule has 1 aromatic rings. The SMILES string of the molecule is Cc1c(N2CCCC(O)C2)cc(C(=O)O)cc1[N+](=O)[O-]. The molecule has 0 aliphatic carbocycles. The Balaban J connectivity index is 2.50. The number of carboxylic acids is 1. The predicted molar refractivity (Wildman–Crippen MR) is 72.2 cm³/mol. The molecule has 0 spiro atoms. The summed E-state index contributed by atoms with van der Waals surface area (Å²) < 4.78 is 0. The van der Waals surface area contributed by atoms with Crippen LogP contribution >= 0.6 is 0 Å². The summed E-state index contributed by atoms with van der Waals surface area (Å²) in [5.74, 6) is -1.20. The molecule has 1 aliphatic heterocycles. The van der Waals surface area contributed by atoms with E-state index in [1.165, 1.54) is 6.07 Å². The Labute approximate surface area is 115 Å². The monoisotopic (exact) mass is 280 g/mol. The number of rotatable bonds is 3. The van der Waals surface area contributed by atoms with Gasteiger partial charge in [0.2, 0.25) is 0 Å². The average Bonchev–Trinajstić information content (AvgIpc) is 2.38. The van der Waals surface area contributed by atoms with Crippen LogP contribution in [0.25, 0.3) is 0 Å². The second-order valence-corrected chi connectivity index (χ2v) is 4.94. The Kier molecular flexibility index (Phi) is 3.89. The molecule has 1 unspecified atom stereocenters. The number of piperidine rings is 1. The molecule has 0 radical (unpaired) electrons. The molecule has 108 valence electrons. The minimum absolute atomic E-state index is 0.114. The van der Waals surface area contributed by atoms with Crippen molar-refractivity contribution in [3.63, 3.8) is 0 Å². The fourth-order valence-electron chi connectivity index (χ4n) is 2.50. The molecule has 2 N–H and O–H groups in total. The number of β-amino-alcohol motifs (C(OH)–C–C–N with tert-alkyl or cyclic N) is 1. The van der Waals surface area contributed by atoms with Gasteiger partial charge >= 0.3 is 5.97 Å². The van der Waals surface area contributed by atoms with Gasteiger partial charge in [0.1, 0.15) is 0 Å². The van der Waals surface area contributed by atoms with Gasteiger partial charge in [0.05, 0.1) is 22.2 Å². The van der Waals surface area contributed by atoms with Gasteiger partial charge < -0.3 is 15.1 Å². The molecule has 1 heterocycles. The molecule has 7 nitrogen and oxygen atoms in total. The van der Waals surface area contributed by atoms with Gasteiger partial charge in [0.15, 0.2) is 0 Å². The number of nitro benzene ring substituents is 1. The minimum atomic E-state index is -1.20. The van der Waals surface area contributed by atoms with E-state index in [4.69, 9.17) is 5.11 Å². The first-order valence-corrected chi connectivity index (χ1v) is 6.35. The maximum absolute atomic E-state index is 11.1. The number of benzene rings is 1. The number of aliphatic hydroxyl groups excluding tert-OH is 1. The van der Waals surface area contributed by atoms with Crippen molar-refractivity contribution in [2.75, 3.05) is 18.0 Å². The van der Waals surface area contributed by atoms with Gasteiger partial charge in [0, 0.05) is 24.8 Å². The first kappa shape index (κ1) is 14.3. The van der Waals surface area contributed by atoms with Crippen LogP contribution in [0.4, 0.5) is 11.4 Å². The molecule has 0 bridgehead atoms. The third kappa shape index (κ3) is 2.72. The lowest BCUT2D eigenvalue weighted by molar-refractivity contribution is -0.385. The maximum atomic E-state index is 11.1. The van der Waals surface area contributed by atoms with Crippen molar-refractivity contribution in [2.45, 2.75) is 25.9 Å². The van der Waals surface area contributed by atoms with Crippen molar-refractivity contribution in [3.8, 4) is 0 Å². The third-order valence-electron chi connectivity index (χ3n) is 3.53. The van der Waals surface area contributed by atoms with Crippen LogP contribution in [0.2, 0.25) is 0 Å². The van der Waals surface area contributed by atoms with Crippen molar-refractivity contribution >= 4 is 17.3 Å². The first-order valence-electron chi connectivity index (χ1n) is 6.35. The van der Waals surface area contributed by atoms with Crippen LogP contribution in [0.5, 0.6) is 0 Å². The Bertz CT molecular complexity index is 558. The molecule has 1 aromatic carbocycles. The quantitative estimate of drug-likeness (QED) is 0.643. The number of carbonyl (C=O) groups is 1. The Hall–Kier alpha value is -2.15. The maximum Gasteiger partial charge on any atom is 0.336 e. The smallest absolute Gasteiger partial charge is 0.336 e. The van der Waals surface area contributed by atoms with Gasteiger partial charge in [-0.15, -0.1) is 0 Å². The highest BCUT2D eigenvalue weighted by Crippen LogP contribution is 2.32. The summed E-state index contributed by atoms with van der Waals surface area (Å²) in [5.41, 5.74) is 0.613. The topological polar surface area (TPSA) is 104 Å². The Morgan fingerprint density at radius 1 is 1.50 bits per heavy atom. The van der Waals surface area contributed by atoms with Gasteiger partial charge in [-0.1, -0.05) is 0 Å². The fourth-order valence-corrected chi connectivity index (χ4v) is 2.50. The second kappa shape index (κ2) is 5.46. The van der Waals surface area contributed by atoms with Crippen LogP contribution in [0.1, 0.15) is 28.8 Å². The third-order valence-corrected chi connectivity index (χ3v) is 3.53. The molecule has 0 saturated carbocycles. The lowest BCUT2D eigenvalue weighted by Gasteiger charge is -2.33. The van der Waals surface area contributed by atoms with Gasteiger partial charge in [-0.3, -0.25) is 10.1 Å². The molecule has 1 fully saturated rings.